The van der Waals surface area contributed by atoms with Gasteiger partial charge in [0.2, 0.25) is 0 Å². The van der Waals surface area contributed by atoms with E-state index in [-0.39, 0.29) is 6.54 Å². The van der Waals surface area contributed by atoms with Gasteiger partial charge in [0.15, 0.2) is 6.07 Å². The Morgan fingerprint density at radius 3 is 2.56 bits per heavy atom. The van der Waals surface area contributed by atoms with Crippen LogP contribution in [0.4, 0.5) is 13.2 Å². The van der Waals surface area contributed by atoms with Gasteiger partial charge in [-0.2, -0.15) is 23.5 Å². The molecule has 0 bridgehead atoms. The van der Waals surface area contributed by atoms with E-state index in [9.17, 15) is 13.2 Å². The maximum absolute atomic E-state index is 12.2. The number of halogens is 3. The molecule has 0 spiro atoms. The van der Waals surface area contributed by atoms with E-state index in [0.717, 1.165) is 0 Å². The molecule has 1 atom stereocenters. The molecule has 18 heavy (non-hydrogen) atoms. The molecule has 0 N–H and O–H groups in total. The lowest BCUT2D eigenvalue weighted by molar-refractivity contribution is -0.137. The summed E-state index contributed by atoms with van der Waals surface area (Å²) in [7, 11) is 0. The average molecular weight is 257 g/mol. The number of hydrogen-bond donors (Lipinski definition) is 0. The zero-order valence-corrected chi connectivity index (χ0v) is 9.57. The number of hydrogen-bond acceptors (Lipinski definition) is 3. The Hall–Kier alpha value is -2.09. The molecule has 1 unspecified atom stereocenters. The summed E-state index contributed by atoms with van der Waals surface area (Å²) in [4.78, 5) is 6.84. The predicted octanol–water partition coefficient (Wildman–Crippen LogP) is 2.11. The van der Waals surface area contributed by atoms with Gasteiger partial charge >= 0.3 is 11.7 Å². The fourth-order valence-electron chi connectivity index (χ4n) is 1.37. The monoisotopic (exact) mass is 257 g/mol. The topological polar surface area (TPSA) is 58.9 Å². The van der Waals surface area contributed by atoms with Crippen LogP contribution in [0.25, 0.3) is 4.85 Å². The van der Waals surface area contributed by atoms with E-state index in [4.69, 9.17) is 11.8 Å². The molecule has 96 valence electrons. The van der Waals surface area contributed by atoms with Crippen molar-refractivity contribution in [2.24, 2.45) is 0 Å². The lowest BCUT2D eigenvalue weighted by atomic mass is 9.96. The minimum Gasteiger partial charge on any atom is -0.292 e. The maximum Gasteiger partial charge on any atom is 0.389 e. The molecule has 5 nitrogen and oxygen atoms in total. The molecule has 8 heteroatoms. The molecule has 0 aliphatic rings. The molecule has 0 aliphatic carbocycles. The third-order valence-electron chi connectivity index (χ3n) is 2.32. The Bertz CT molecular complexity index is 477. The van der Waals surface area contributed by atoms with Crippen LogP contribution >= 0.6 is 0 Å². The number of rotatable bonds is 4. The van der Waals surface area contributed by atoms with Crippen molar-refractivity contribution < 1.29 is 13.2 Å². The van der Waals surface area contributed by atoms with Crippen molar-refractivity contribution in [3.63, 3.8) is 0 Å². The number of nitriles is 1. The lowest BCUT2D eigenvalue weighted by Gasteiger charge is -2.15. The summed E-state index contributed by atoms with van der Waals surface area (Å²) >= 11 is 0. The van der Waals surface area contributed by atoms with Crippen molar-refractivity contribution in [3.8, 4) is 6.07 Å². The van der Waals surface area contributed by atoms with Crippen molar-refractivity contribution in [2.75, 3.05) is 0 Å². The van der Waals surface area contributed by atoms with Gasteiger partial charge in [-0.05, 0) is 6.92 Å². The summed E-state index contributed by atoms with van der Waals surface area (Å²) in [5, 5.41) is 12.8. The second-order valence-electron chi connectivity index (χ2n) is 3.86. The second kappa shape index (κ2) is 5.05. The summed E-state index contributed by atoms with van der Waals surface area (Å²) in [5.74, 6) is 0.433. The van der Waals surface area contributed by atoms with Gasteiger partial charge in [-0.15, -0.1) is 0 Å². The third-order valence-corrected chi connectivity index (χ3v) is 2.32. The Morgan fingerprint density at radius 1 is 1.50 bits per heavy atom. The van der Waals surface area contributed by atoms with E-state index in [1.165, 1.54) is 11.0 Å². The van der Waals surface area contributed by atoms with Gasteiger partial charge in [-0.3, -0.25) is 4.85 Å². The van der Waals surface area contributed by atoms with Crippen LogP contribution in [-0.4, -0.2) is 26.5 Å². The van der Waals surface area contributed by atoms with Crippen LogP contribution in [0.15, 0.2) is 6.33 Å². The average Bonchev–Trinajstić information content (AvgIpc) is 2.69. The summed E-state index contributed by atoms with van der Waals surface area (Å²) in [6.45, 7) is 8.34. The quantitative estimate of drug-likeness (QED) is 0.776. The van der Waals surface area contributed by atoms with E-state index in [1.54, 1.807) is 13.0 Å². The first-order valence-electron chi connectivity index (χ1n) is 5.03. The highest BCUT2D eigenvalue weighted by Gasteiger charge is 2.42. The van der Waals surface area contributed by atoms with Crippen LogP contribution in [0.5, 0.6) is 0 Å². The lowest BCUT2D eigenvalue weighted by Crippen LogP contribution is -2.31. The van der Waals surface area contributed by atoms with Gasteiger partial charge in [-0.25, -0.2) is 16.2 Å². The molecule has 0 fully saturated rings. The molecule has 0 radical (unpaired) electrons. The highest BCUT2D eigenvalue weighted by molar-refractivity contribution is 5.15. The highest BCUT2D eigenvalue weighted by atomic mass is 19.4. The van der Waals surface area contributed by atoms with E-state index in [0.29, 0.717) is 5.82 Å². The van der Waals surface area contributed by atoms with E-state index in [1.807, 2.05) is 0 Å². The van der Waals surface area contributed by atoms with E-state index in [2.05, 4.69) is 14.9 Å². The van der Waals surface area contributed by atoms with Crippen LogP contribution < -0.4 is 0 Å². The Labute approximate surface area is 102 Å². The third kappa shape index (κ3) is 3.74. The molecular weight excluding hydrogens is 247 g/mol. The minimum atomic E-state index is -4.38. The number of aryl methyl sites for hydroxylation is 1. The molecule has 0 saturated carbocycles. The first kappa shape index (κ1) is 14.0. The molecule has 0 saturated heterocycles. The molecule has 1 aromatic heterocycles. The molecule has 1 rings (SSSR count). The largest absolute Gasteiger partial charge is 0.389 e. The van der Waals surface area contributed by atoms with Crippen LogP contribution in [-0.2, 0) is 6.54 Å². The van der Waals surface area contributed by atoms with Crippen molar-refractivity contribution in [1.29, 1.82) is 5.26 Å². The number of nitrogens with zero attached hydrogens (tertiary/aromatic N) is 5. The standard InChI is InChI=1S/C10H10F3N5/c1-8-16-7-18(17-8)6-9(5-14,15-2)3-4-10(11,12)13/h7H,3-4,6H2,1H3. The van der Waals surface area contributed by atoms with E-state index < -0.39 is 24.6 Å². The summed E-state index contributed by atoms with van der Waals surface area (Å²) in [6, 6.07) is 1.65. The predicted molar refractivity (Wildman–Crippen MR) is 55.0 cm³/mol. The smallest absolute Gasteiger partial charge is 0.292 e. The number of aromatic nitrogens is 3. The fourth-order valence-corrected chi connectivity index (χ4v) is 1.37. The van der Waals surface area contributed by atoms with Crippen molar-refractivity contribution in [3.05, 3.63) is 23.6 Å². The van der Waals surface area contributed by atoms with Crippen molar-refractivity contribution >= 4 is 0 Å². The molecule has 1 heterocycles. The normalized spacial score (nSPS) is 14.6. The van der Waals surface area contributed by atoms with Gasteiger partial charge in [-0.1, -0.05) is 0 Å². The Morgan fingerprint density at radius 2 is 2.17 bits per heavy atom. The van der Waals surface area contributed by atoms with Crippen molar-refractivity contribution in [1.82, 2.24) is 14.8 Å². The second-order valence-corrected chi connectivity index (χ2v) is 3.86. The van der Waals surface area contributed by atoms with Gasteiger partial charge < -0.3 is 0 Å². The van der Waals surface area contributed by atoms with Gasteiger partial charge in [0.1, 0.15) is 18.7 Å². The zero-order chi connectivity index (χ0) is 13.8. The van der Waals surface area contributed by atoms with Gasteiger partial charge in [0, 0.05) is 0 Å². The molecule has 1 aromatic rings. The zero-order valence-electron chi connectivity index (χ0n) is 9.57. The summed E-state index contributed by atoms with van der Waals surface area (Å²) in [6.07, 6.45) is -4.84. The van der Waals surface area contributed by atoms with Gasteiger partial charge in [0.05, 0.1) is 12.8 Å². The van der Waals surface area contributed by atoms with Crippen LogP contribution in [0.1, 0.15) is 18.7 Å². The van der Waals surface area contributed by atoms with Crippen LogP contribution in [0.2, 0.25) is 0 Å². The first-order chi connectivity index (χ1) is 8.30. The maximum atomic E-state index is 12.2. The highest BCUT2D eigenvalue weighted by Crippen LogP contribution is 2.28. The summed E-state index contributed by atoms with van der Waals surface area (Å²) < 4.78 is 37.7. The van der Waals surface area contributed by atoms with E-state index >= 15 is 0 Å². The van der Waals surface area contributed by atoms with Crippen LogP contribution in [0.3, 0.4) is 0 Å². The van der Waals surface area contributed by atoms with Gasteiger partial charge in [0.25, 0.3) is 0 Å². The molecule has 0 amide bonds. The first-order valence-corrected chi connectivity index (χ1v) is 5.03. The SMILES string of the molecule is [C-]#[N+]C(C#N)(CCC(F)(F)F)Cn1cnc(C)n1. The minimum absolute atomic E-state index is 0.218. The van der Waals surface area contributed by atoms with Crippen LogP contribution in [0, 0.1) is 24.8 Å². The summed E-state index contributed by atoms with van der Waals surface area (Å²) in [5.41, 5.74) is -1.75. The molecule has 0 aromatic carbocycles. The Kier molecular flexibility index (Phi) is 3.92. The number of alkyl halides is 3. The molecular formula is C10H10F3N5. The Balaban J connectivity index is 2.82. The molecule has 0 aliphatic heterocycles. The fraction of sp³-hybridized carbons (Fsp3) is 0.600. The van der Waals surface area contributed by atoms with Crippen molar-refractivity contribution in [2.45, 2.75) is 38.0 Å².